The fourth-order valence-electron chi connectivity index (χ4n) is 1.12. The summed E-state index contributed by atoms with van der Waals surface area (Å²) in [6.45, 7) is 2.74. The van der Waals surface area contributed by atoms with Gasteiger partial charge in [-0.3, -0.25) is 4.79 Å². The lowest BCUT2D eigenvalue weighted by Gasteiger charge is -2.09. The van der Waals surface area contributed by atoms with Crippen molar-refractivity contribution in [1.29, 1.82) is 0 Å². The fourth-order valence-corrected chi connectivity index (χ4v) is 1.12. The van der Waals surface area contributed by atoms with Crippen molar-refractivity contribution < 1.29 is 9.53 Å². The van der Waals surface area contributed by atoms with Gasteiger partial charge in [-0.25, -0.2) is 0 Å². The van der Waals surface area contributed by atoms with Gasteiger partial charge < -0.3 is 21.1 Å². The highest BCUT2D eigenvalue weighted by atomic mass is 16.5. The van der Waals surface area contributed by atoms with Crippen molar-refractivity contribution in [3.8, 4) is 5.88 Å². The summed E-state index contributed by atoms with van der Waals surface area (Å²) in [6, 6.07) is 3.40. The summed E-state index contributed by atoms with van der Waals surface area (Å²) in [6.07, 6.45) is 0.886. The van der Waals surface area contributed by atoms with E-state index in [0.29, 0.717) is 24.0 Å². The average Bonchev–Trinajstić information content (AvgIpc) is 2.35. The highest BCUT2D eigenvalue weighted by molar-refractivity contribution is 5.80. The minimum absolute atomic E-state index is 0.111. The van der Waals surface area contributed by atoms with E-state index in [4.69, 9.17) is 10.5 Å². The lowest BCUT2D eigenvalue weighted by atomic mass is 10.4. The Labute approximate surface area is 101 Å². The molecule has 0 saturated heterocycles. The number of anilines is 2. The maximum absolute atomic E-state index is 11.1. The number of hydrogen-bond acceptors (Lipinski definition) is 5. The number of nitrogen functional groups attached to an aromatic ring is 1. The van der Waals surface area contributed by atoms with Crippen molar-refractivity contribution in [2.75, 3.05) is 31.2 Å². The van der Waals surface area contributed by atoms with Gasteiger partial charge in [0.2, 0.25) is 11.8 Å². The highest BCUT2D eigenvalue weighted by Crippen LogP contribution is 2.20. The Morgan fingerprint density at radius 3 is 2.94 bits per heavy atom. The average molecular weight is 238 g/mol. The van der Waals surface area contributed by atoms with Crippen LogP contribution in [-0.2, 0) is 4.79 Å². The van der Waals surface area contributed by atoms with Gasteiger partial charge in [0.15, 0.2) is 0 Å². The van der Waals surface area contributed by atoms with Gasteiger partial charge in [-0.05, 0) is 18.6 Å². The second kappa shape index (κ2) is 6.57. The zero-order chi connectivity index (χ0) is 12.7. The summed E-state index contributed by atoms with van der Waals surface area (Å²) in [7, 11) is 1.58. The molecule has 0 bridgehead atoms. The Balaban J connectivity index is 2.64. The number of ether oxygens (including phenoxy) is 1. The number of nitrogens with two attached hydrogens (primary N) is 1. The van der Waals surface area contributed by atoms with Gasteiger partial charge in [-0.2, -0.15) is 4.98 Å². The number of nitrogens with one attached hydrogen (secondary N) is 2. The molecule has 6 nitrogen and oxygen atoms in total. The van der Waals surface area contributed by atoms with Crippen LogP contribution in [-0.4, -0.2) is 31.1 Å². The van der Waals surface area contributed by atoms with Crippen LogP contribution in [0.2, 0.25) is 0 Å². The van der Waals surface area contributed by atoms with E-state index in [1.54, 1.807) is 19.2 Å². The first kappa shape index (κ1) is 13.1. The second-order valence-electron chi connectivity index (χ2n) is 3.47. The Kier molecular flexibility index (Phi) is 5.06. The maximum atomic E-state index is 11.1. The van der Waals surface area contributed by atoms with Crippen molar-refractivity contribution in [3.05, 3.63) is 12.1 Å². The number of carbonyl (C=O) groups is 1. The largest absolute Gasteiger partial charge is 0.476 e. The first-order valence-electron chi connectivity index (χ1n) is 5.51. The number of amides is 1. The number of aromatic nitrogens is 1. The van der Waals surface area contributed by atoms with Crippen LogP contribution < -0.4 is 21.1 Å². The molecule has 0 spiro atoms. The molecule has 0 fully saturated rings. The van der Waals surface area contributed by atoms with Crippen LogP contribution >= 0.6 is 0 Å². The molecule has 17 heavy (non-hydrogen) atoms. The molecule has 1 rings (SSSR count). The lowest BCUT2D eigenvalue weighted by Crippen LogP contribution is -2.26. The highest BCUT2D eigenvalue weighted by Gasteiger charge is 2.05. The third-order valence-electron chi connectivity index (χ3n) is 2.04. The van der Waals surface area contributed by atoms with Crippen LogP contribution in [0.25, 0.3) is 0 Å². The zero-order valence-electron chi connectivity index (χ0n) is 10.1. The molecular formula is C11H18N4O2. The molecule has 0 saturated carbocycles. The molecule has 0 aliphatic heterocycles. The van der Waals surface area contributed by atoms with E-state index >= 15 is 0 Å². The van der Waals surface area contributed by atoms with E-state index in [-0.39, 0.29) is 12.5 Å². The molecule has 0 radical (unpaired) electrons. The van der Waals surface area contributed by atoms with Crippen molar-refractivity contribution in [2.45, 2.75) is 13.3 Å². The van der Waals surface area contributed by atoms with Crippen molar-refractivity contribution in [3.63, 3.8) is 0 Å². The third-order valence-corrected chi connectivity index (χ3v) is 2.04. The molecule has 0 aromatic carbocycles. The number of hydrogen-bond donors (Lipinski definition) is 3. The van der Waals surface area contributed by atoms with E-state index < -0.39 is 0 Å². The quantitative estimate of drug-likeness (QED) is 0.675. The molecule has 0 unspecified atom stereocenters. The van der Waals surface area contributed by atoms with Gasteiger partial charge in [0.05, 0.1) is 18.8 Å². The Morgan fingerprint density at radius 2 is 2.29 bits per heavy atom. The number of rotatable bonds is 6. The molecular weight excluding hydrogens is 220 g/mol. The summed E-state index contributed by atoms with van der Waals surface area (Å²) in [5.41, 5.74) is 6.21. The molecule has 1 aromatic rings. The summed E-state index contributed by atoms with van der Waals surface area (Å²) in [5.74, 6) is 0.849. The van der Waals surface area contributed by atoms with E-state index in [9.17, 15) is 4.79 Å². The predicted molar refractivity (Wildman–Crippen MR) is 67.0 cm³/mol. The molecule has 1 heterocycles. The van der Waals surface area contributed by atoms with Crippen LogP contribution in [0, 0.1) is 0 Å². The SMILES string of the molecule is CCCOc1nc(NCC(=O)NC)ccc1N. The van der Waals surface area contributed by atoms with Gasteiger partial charge in [0, 0.05) is 7.05 Å². The Hall–Kier alpha value is -1.98. The van der Waals surface area contributed by atoms with Gasteiger partial charge >= 0.3 is 0 Å². The predicted octanol–water partition coefficient (Wildman–Crippen LogP) is 0.610. The van der Waals surface area contributed by atoms with Crippen LogP contribution in [0.5, 0.6) is 5.88 Å². The van der Waals surface area contributed by atoms with Crippen LogP contribution in [0.15, 0.2) is 12.1 Å². The third kappa shape index (κ3) is 4.18. The zero-order valence-corrected chi connectivity index (χ0v) is 10.1. The summed E-state index contributed by atoms with van der Waals surface area (Å²) in [4.78, 5) is 15.2. The van der Waals surface area contributed by atoms with Crippen molar-refractivity contribution in [1.82, 2.24) is 10.3 Å². The van der Waals surface area contributed by atoms with E-state index in [1.165, 1.54) is 0 Å². The van der Waals surface area contributed by atoms with Crippen LogP contribution in [0.1, 0.15) is 13.3 Å². The van der Waals surface area contributed by atoms with E-state index in [0.717, 1.165) is 6.42 Å². The molecule has 1 aromatic heterocycles. The summed E-state index contributed by atoms with van der Waals surface area (Å²) >= 11 is 0. The maximum Gasteiger partial charge on any atom is 0.239 e. The van der Waals surface area contributed by atoms with Gasteiger partial charge in [0.25, 0.3) is 0 Å². The van der Waals surface area contributed by atoms with E-state index in [2.05, 4.69) is 15.6 Å². The molecule has 4 N–H and O–H groups in total. The van der Waals surface area contributed by atoms with Crippen molar-refractivity contribution >= 4 is 17.4 Å². The summed E-state index contributed by atoms with van der Waals surface area (Å²) in [5, 5.41) is 5.39. The number of carbonyl (C=O) groups excluding carboxylic acids is 1. The van der Waals surface area contributed by atoms with Gasteiger partial charge in [-0.15, -0.1) is 0 Å². The molecule has 1 amide bonds. The lowest BCUT2D eigenvalue weighted by molar-refractivity contribution is -0.118. The smallest absolute Gasteiger partial charge is 0.239 e. The topological polar surface area (TPSA) is 89.3 Å². The Bertz CT molecular complexity index is 382. The van der Waals surface area contributed by atoms with Crippen LogP contribution in [0.3, 0.4) is 0 Å². The van der Waals surface area contributed by atoms with Crippen LogP contribution in [0.4, 0.5) is 11.5 Å². The second-order valence-corrected chi connectivity index (χ2v) is 3.47. The van der Waals surface area contributed by atoms with Gasteiger partial charge in [0.1, 0.15) is 5.82 Å². The molecule has 94 valence electrons. The minimum Gasteiger partial charge on any atom is -0.476 e. The molecule has 6 heteroatoms. The molecule has 0 aliphatic carbocycles. The normalized spacial score (nSPS) is 9.76. The molecule has 0 atom stereocenters. The van der Waals surface area contributed by atoms with Gasteiger partial charge in [-0.1, -0.05) is 6.92 Å². The van der Waals surface area contributed by atoms with Crippen molar-refractivity contribution in [2.24, 2.45) is 0 Å². The first-order chi connectivity index (χ1) is 8.17. The minimum atomic E-state index is -0.111. The number of pyridine rings is 1. The summed E-state index contributed by atoms with van der Waals surface area (Å²) < 4.78 is 5.38. The molecule has 0 aliphatic rings. The number of nitrogens with zero attached hydrogens (tertiary/aromatic N) is 1. The standard InChI is InChI=1S/C11H18N4O2/c1-3-6-17-11-8(12)4-5-9(15-11)14-7-10(16)13-2/h4-5H,3,6-7,12H2,1-2H3,(H,13,16)(H,14,15). The van der Waals surface area contributed by atoms with E-state index in [1.807, 2.05) is 6.92 Å². The number of likely N-dealkylation sites (N-methyl/N-ethyl adjacent to an activating group) is 1. The monoisotopic (exact) mass is 238 g/mol. The fraction of sp³-hybridized carbons (Fsp3) is 0.455. The Morgan fingerprint density at radius 1 is 1.53 bits per heavy atom. The first-order valence-corrected chi connectivity index (χ1v) is 5.51.